The lowest BCUT2D eigenvalue weighted by Gasteiger charge is -2.25. The predicted octanol–water partition coefficient (Wildman–Crippen LogP) is 5.71. The standard InChI is InChI=1S/C47H72N8O12S/c1-28-23-32(56)24-29(2)33(28)26-35(51-39(54-42(61)66-46(9,10)11)55-43(62)67-47(12,13)14)37(58)50-34(21-22-68(15)63)36(57)48-27-31(25-30-19-17-16-18-20-30)49-38(52-40(59)64-44(3,4)5)53-41(60)65-45(6,7)8/h16-20,23-24,31,34-35,56H,21-22,25-27H2,1-15H3,(H,48,57)(H,50,58)(H2,49,52,53,59,60)(H2,51,54,55,61,62). The summed E-state index contributed by atoms with van der Waals surface area (Å²) in [6, 6.07) is 8.43. The third-order valence-corrected chi connectivity index (χ3v) is 9.42. The topological polar surface area (TPSA) is 274 Å². The van der Waals surface area contributed by atoms with Crippen molar-refractivity contribution in [3.8, 4) is 5.75 Å². The zero-order valence-electron chi connectivity index (χ0n) is 42.0. The Hall–Kier alpha value is -6.25. The summed E-state index contributed by atoms with van der Waals surface area (Å²) in [5.74, 6) is -2.40. The lowest BCUT2D eigenvalue weighted by atomic mass is 9.95. The number of rotatable bonds is 14. The van der Waals surface area contributed by atoms with Crippen LogP contribution in [0.1, 0.15) is 112 Å². The molecule has 0 saturated carbocycles. The Morgan fingerprint density at radius 3 is 1.44 bits per heavy atom. The number of hydrogen-bond donors (Lipinski definition) is 7. The van der Waals surface area contributed by atoms with E-state index in [-0.39, 0.29) is 43.3 Å². The van der Waals surface area contributed by atoms with Crippen molar-refractivity contribution in [1.82, 2.24) is 31.9 Å². The van der Waals surface area contributed by atoms with Gasteiger partial charge in [-0.1, -0.05) is 30.3 Å². The SMILES string of the molecule is Cc1cc(O)cc(C)c1CC(N=C(NC(=O)OC(C)(C)C)NC(=O)OC(C)(C)C)C(=O)NC(CCS(C)=O)C(=O)NCC(Cc1ccccc1)N=C(NC(=O)OC(C)(C)C)NC(=O)OC(C)(C)C. The van der Waals surface area contributed by atoms with Crippen LogP contribution in [0.5, 0.6) is 5.75 Å². The molecule has 0 aliphatic heterocycles. The first-order valence-corrected chi connectivity index (χ1v) is 23.8. The molecular weight excluding hydrogens is 901 g/mol. The molecule has 68 heavy (non-hydrogen) atoms. The molecule has 2 rings (SSSR count). The minimum absolute atomic E-state index is 0.0104. The summed E-state index contributed by atoms with van der Waals surface area (Å²) in [5.41, 5.74) is -1.17. The van der Waals surface area contributed by atoms with Crippen LogP contribution in [0.25, 0.3) is 0 Å². The molecule has 0 aliphatic carbocycles. The van der Waals surface area contributed by atoms with E-state index in [4.69, 9.17) is 18.9 Å². The summed E-state index contributed by atoms with van der Waals surface area (Å²) in [6.07, 6.45) is -2.50. The maximum absolute atomic E-state index is 14.6. The second kappa shape index (κ2) is 25.2. The van der Waals surface area contributed by atoms with Crippen LogP contribution < -0.4 is 31.9 Å². The largest absolute Gasteiger partial charge is 0.508 e. The minimum atomic E-state index is -1.46. The quantitative estimate of drug-likeness (QED) is 0.0682. The highest BCUT2D eigenvalue weighted by molar-refractivity contribution is 7.84. The summed E-state index contributed by atoms with van der Waals surface area (Å²) < 4.78 is 34.0. The molecule has 0 aliphatic rings. The van der Waals surface area contributed by atoms with Gasteiger partial charge in [0.25, 0.3) is 0 Å². The van der Waals surface area contributed by atoms with E-state index in [1.807, 2.05) is 30.3 Å². The molecule has 0 bridgehead atoms. The number of amides is 6. The number of nitrogens with one attached hydrogen (secondary N) is 6. The number of aromatic hydroxyl groups is 1. The van der Waals surface area contributed by atoms with Gasteiger partial charge in [0.1, 0.15) is 40.2 Å². The second-order valence-electron chi connectivity index (χ2n) is 20.0. The Morgan fingerprint density at radius 1 is 0.632 bits per heavy atom. The third kappa shape index (κ3) is 24.5. The fourth-order valence-electron chi connectivity index (χ4n) is 6.03. The zero-order chi connectivity index (χ0) is 51.8. The van der Waals surface area contributed by atoms with Crippen LogP contribution in [0.3, 0.4) is 0 Å². The maximum Gasteiger partial charge on any atom is 0.414 e. The number of aryl methyl sites for hydroxylation is 2. The fraction of sp³-hybridized carbons (Fsp3) is 0.574. The van der Waals surface area contributed by atoms with Crippen molar-refractivity contribution in [2.75, 3.05) is 18.6 Å². The smallest absolute Gasteiger partial charge is 0.414 e. The number of carbonyl (C=O) groups excluding carboxylic acids is 6. The molecule has 0 spiro atoms. The fourth-order valence-corrected chi connectivity index (χ4v) is 6.59. The highest BCUT2D eigenvalue weighted by Crippen LogP contribution is 2.23. The monoisotopic (exact) mass is 972 g/mol. The molecule has 4 unspecified atom stereocenters. The number of aliphatic imine (C=N–C) groups is 2. The van der Waals surface area contributed by atoms with Crippen molar-refractivity contribution in [2.45, 2.75) is 157 Å². The van der Waals surface area contributed by atoms with Gasteiger partial charge in [-0.05, 0) is 144 Å². The molecule has 378 valence electrons. The number of phenolic OH excluding ortho intramolecular Hbond substituents is 1. The van der Waals surface area contributed by atoms with Gasteiger partial charge >= 0.3 is 24.4 Å². The van der Waals surface area contributed by atoms with Gasteiger partial charge in [0.05, 0.1) is 6.04 Å². The van der Waals surface area contributed by atoms with Crippen molar-refractivity contribution >= 4 is 58.9 Å². The number of hydrogen-bond acceptors (Lipinski definition) is 14. The second-order valence-corrected chi connectivity index (χ2v) is 21.5. The van der Waals surface area contributed by atoms with Crippen molar-refractivity contribution in [1.29, 1.82) is 0 Å². The predicted molar refractivity (Wildman–Crippen MR) is 260 cm³/mol. The molecule has 2 aromatic rings. The highest BCUT2D eigenvalue weighted by Gasteiger charge is 2.30. The van der Waals surface area contributed by atoms with E-state index >= 15 is 0 Å². The average Bonchev–Trinajstić information content (AvgIpc) is 3.13. The van der Waals surface area contributed by atoms with Gasteiger partial charge in [-0.3, -0.25) is 35.1 Å². The van der Waals surface area contributed by atoms with Crippen molar-refractivity contribution in [2.24, 2.45) is 9.98 Å². The highest BCUT2D eigenvalue weighted by atomic mass is 32.2. The first-order chi connectivity index (χ1) is 31.2. The molecule has 2 aromatic carbocycles. The van der Waals surface area contributed by atoms with Gasteiger partial charge in [0, 0.05) is 35.8 Å². The van der Waals surface area contributed by atoms with Crippen LogP contribution in [0.15, 0.2) is 52.4 Å². The number of guanidine groups is 2. The minimum Gasteiger partial charge on any atom is -0.508 e. The Balaban J connectivity index is 2.68. The molecule has 6 amide bonds. The average molecular weight is 973 g/mol. The number of phenols is 1. The van der Waals surface area contributed by atoms with Crippen molar-refractivity contribution in [3.63, 3.8) is 0 Å². The van der Waals surface area contributed by atoms with Crippen LogP contribution in [0.2, 0.25) is 0 Å². The Morgan fingerprint density at radius 2 is 1.04 bits per heavy atom. The van der Waals surface area contributed by atoms with Crippen molar-refractivity contribution < 1.29 is 57.0 Å². The van der Waals surface area contributed by atoms with Crippen LogP contribution in [0, 0.1) is 13.8 Å². The summed E-state index contributed by atoms with van der Waals surface area (Å²) >= 11 is 0. The van der Waals surface area contributed by atoms with E-state index < -0.39 is 93.5 Å². The van der Waals surface area contributed by atoms with E-state index in [1.54, 1.807) is 96.9 Å². The Bertz CT molecular complexity index is 2080. The molecule has 7 N–H and O–H groups in total. The number of carbonyl (C=O) groups is 6. The number of nitrogens with zero attached hydrogens (tertiary/aromatic N) is 2. The van der Waals surface area contributed by atoms with Gasteiger partial charge in [0.2, 0.25) is 23.7 Å². The zero-order valence-corrected chi connectivity index (χ0v) is 42.9. The summed E-state index contributed by atoms with van der Waals surface area (Å²) in [6.45, 7) is 23.0. The first-order valence-electron chi connectivity index (χ1n) is 22.0. The van der Waals surface area contributed by atoms with E-state index in [0.717, 1.165) is 5.56 Å². The van der Waals surface area contributed by atoms with E-state index in [1.165, 1.54) is 18.4 Å². The number of benzene rings is 2. The molecule has 0 saturated heterocycles. The van der Waals surface area contributed by atoms with Gasteiger partial charge < -0.3 is 34.7 Å². The molecule has 20 nitrogen and oxygen atoms in total. The van der Waals surface area contributed by atoms with Crippen molar-refractivity contribution in [3.05, 3.63) is 64.7 Å². The van der Waals surface area contributed by atoms with Crippen LogP contribution in [-0.2, 0) is 52.2 Å². The lowest BCUT2D eigenvalue weighted by Crippen LogP contribution is -2.53. The molecule has 0 fully saturated rings. The maximum atomic E-state index is 14.6. The van der Waals surface area contributed by atoms with Crippen LogP contribution in [-0.4, -0.2) is 117 Å². The molecule has 4 atom stereocenters. The molecule has 0 radical (unpaired) electrons. The molecule has 21 heteroatoms. The van der Waals surface area contributed by atoms with Gasteiger partial charge in [0.15, 0.2) is 0 Å². The van der Waals surface area contributed by atoms with Gasteiger partial charge in [-0.25, -0.2) is 29.2 Å². The molecular formula is C47H72N8O12S. The number of ether oxygens (including phenoxy) is 4. The van der Waals surface area contributed by atoms with E-state index in [2.05, 4.69) is 41.9 Å². The first kappa shape index (κ1) is 57.9. The summed E-state index contributed by atoms with van der Waals surface area (Å²) in [7, 11) is -1.41. The van der Waals surface area contributed by atoms with Gasteiger partial charge in [-0.15, -0.1) is 0 Å². The van der Waals surface area contributed by atoms with Crippen LogP contribution in [0.4, 0.5) is 19.2 Å². The van der Waals surface area contributed by atoms with E-state index in [0.29, 0.717) is 16.7 Å². The van der Waals surface area contributed by atoms with Crippen LogP contribution >= 0.6 is 0 Å². The Labute approximate surface area is 402 Å². The Kier molecular flexibility index (Phi) is 21.5. The molecule has 0 aromatic heterocycles. The van der Waals surface area contributed by atoms with E-state index in [9.17, 15) is 38.1 Å². The number of alkyl carbamates (subject to hydrolysis) is 4. The molecule has 0 heterocycles. The normalized spacial score (nSPS) is 13.5. The third-order valence-electron chi connectivity index (χ3n) is 8.61. The van der Waals surface area contributed by atoms with Gasteiger partial charge in [-0.2, -0.15) is 0 Å². The lowest BCUT2D eigenvalue weighted by molar-refractivity contribution is -0.129. The summed E-state index contributed by atoms with van der Waals surface area (Å²) in [4.78, 5) is 89.9. The summed E-state index contributed by atoms with van der Waals surface area (Å²) in [5, 5.41) is 25.5.